The Hall–Kier alpha value is -0.670. The molecule has 1 heterocycles. The molecule has 0 bridgehead atoms. The number of aromatic nitrogens is 1. The molecular weight excluding hydrogens is 230 g/mol. The Bertz CT molecular complexity index is 303. The Morgan fingerprint density at radius 2 is 2.31 bits per heavy atom. The minimum Gasteiger partial charge on any atom is -0.389 e. The third-order valence-corrected chi connectivity index (χ3v) is 2.25. The number of aliphatic hydroxyl groups excluding tert-OH is 1. The summed E-state index contributed by atoms with van der Waals surface area (Å²) < 4.78 is 0.958. The fourth-order valence-corrected chi connectivity index (χ4v) is 1.06. The van der Waals surface area contributed by atoms with Crippen LogP contribution >= 0.6 is 15.9 Å². The second-order valence-corrected chi connectivity index (χ2v) is 3.88. The zero-order valence-electron chi connectivity index (χ0n) is 7.66. The molecule has 1 N–H and O–H groups in total. The van der Waals surface area contributed by atoms with Crippen molar-refractivity contribution < 1.29 is 5.11 Å². The molecule has 0 radical (unpaired) electrons. The van der Waals surface area contributed by atoms with Crippen LogP contribution in [0.3, 0.4) is 0 Å². The van der Waals surface area contributed by atoms with Crippen molar-refractivity contribution in [2.24, 2.45) is 0 Å². The fraction of sp³-hybridized carbons (Fsp3) is 0.300. The van der Waals surface area contributed by atoms with Crippen molar-refractivity contribution in [3.63, 3.8) is 0 Å². The van der Waals surface area contributed by atoms with Crippen LogP contribution < -0.4 is 0 Å². The Kier molecular flexibility index (Phi) is 3.63. The van der Waals surface area contributed by atoms with Crippen molar-refractivity contribution in [2.75, 3.05) is 0 Å². The van der Waals surface area contributed by atoms with Crippen molar-refractivity contribution in [3.8, 4) is 0 Å². The van der Waals surface area contributed by atoms with Gasteiger partial charge in [-0.3, -0.25) is 4.98 Å². The van der Waals surface area contributed by atoms with Crippen LogP contribution in [0.2, 0.25) is 0 Å². The summed E-state index contributed by atoms with van der Waals surface area (Å²) in [5, 5.41) is 9.23. The molecule has 2 nitrogen and oxygen atoms in total. The molecule has 3 heteroatoms. The molecule has 1 aromatic rings. The fourth-order valence-electron chi connectivity index (χ4n) is 0.827. The van der Waals surface area contributed by atoms with Crippen molar-refractivity contribution in [2.45, 2.75) is 20.0 Å². The Morgan fingerprint density at radius 1 is 1.62 bits per heavy atom. The van der Waals surface area contributed by atoms with Gasteiger partial charge in [0.2, 0.25) is 0 Å². The summed E-state index contributed by atoms with van der Waals surface area (Å²) >= 11 is 3.31. The molecule has 1 rings (SSSR count). The summed E-state index contributed by atoms with van der Waals surface area (Å²) in [4.78, 5) is 4.17. The number of rotatable bonds is 2. The average Bonchev–Trinajstić information content (AvgIpc) is 2.08. The molecule has 0 aromatic carbocycles. The molecule has 1 aromatic heterocycles. The van der Waals surface area contributed by atoms with Gasteiger partial charge >= 0.3 is 0 Å². The van der Waals surface area contributed by atoms with Crippen molar-refractivity contribution in [1.82, 2.24) is 4.98 Å². The lowest BCUT2D eigenvalue weighted by molar-refractivity contribution is 0.232. The summed E-state index contributed by atoms with van der Waals surface area (Å²) in [5.74, 6) is 0. The minimum atomic E-state index is -0.412. The van der Waals surface area contributed by atoms with Crippen molar-refractivity contribution in [3.05, 3.63) is 34.1 Å². The third-order valence-electron chi connectivity index (χ3n) is 1.78. The van der Waals surface area contributed by atoms with E-state index in [0.29, 0.717) is 0 Å². The predicted molar refractivity (Wildman–Crippen MR) is 57.3 cm³/mol. The standard InChI is InChI=1S/C10H12BrNO/c1-7(8(2)13)5-10-4-3-9(11)6-12-10/h3-6,8,13H,1-2H3/b7-5+. The SMILES string of the molecule is C/C(=C\c1ccc(Br)cn1)C(C)O. The van der Waals surface area contributed by atoms with Crippen molar-refractivity contribution in [1.29, 1.82) is 0 Å². The molecule has 0 spiro atoms. The summed E-state index contributed by atoms with van der Waals surface area (Å²) in [6, 6.07) is 3.82. The lowest BCUT2D eigenvalue weighted by Crippen LogP contribution is -2.00. The van der Waals surface area contributed by atoms with E-state index >= 15 is 0 Å². The molecule has 0 aliphatic rings. The molecule has 0 aliphatic carbocycles. The highest BCUT2D eigenvalue weighted by Crippen LogP contribution is 2.11. The zero-order chi connectivity index (χ0) is 9.84. The zero-order valence-corrected chi connectivity index (χ0v) is 9.25. The average molecular weight is 242 g/mol. The molecule has 70 valence electrons. The van der Waals surface area contributed by atoms with Gasteiger partial charge in [-0.15, -0.1) is 0 Å². The van der Waals surface area contributed by atoms with Gasteiger partial charge in [-0.1, -0.05) is 0 Å². The van der Waals surface area contributed by atoms with Gasteiger partial charge in [0.15, 0.2) is 0 Å². The molecule has 13 heavy (non-hydrogen) atoms. The maximum Gasteiger partial charge on any atom is 0.0723 e. The molecule has 0 amide bonds. The van der Waals surface area contributed by atoms with E-state index in [-0.39, 0.29) is 0 Å². The molecular formula is C10H12BrNO. The molecule has 0 fully saturated rings. The maximum atomic E-state index is 9.23. The highest BCUT2D eigenvalue weighted by atomic mass is 79.9. The Balaban J connectivity index is 2.85. The highest BCUT2D eigenvalue weighted by Gasteiger charge is 1.98. The first-order valence-electron chi connectivity index (χ1n) is 4.07. The molecule has 1 unspecified atom stereocenters. The predicted octanol–water partition coefficient (Wildman–Crippen LogP) is 2.63. The van der Waals surface area contributed by atoms with Crippen LogP contribution in [-0.4, -0.2) is 16.2 Å². The number of hydrogen-bond donors (Lipinski definition) is 1. The van der Waals surface area contributed by atoms with E-state index in [9.17, 15) is 5.11 Å². The highest BCUT2D eigenvalue weighted by molar-refractivity contribution is 9.10. The smallest absolute Gasteiger partial charge is 0.0723 e. The summed E-state index contributed by atoms with van der Waals surface area (Å²) in [6.07, 6.45) is 3.20. The van der Waals surface area contributed by atoms with Crippen LogP contribution in [0.4, 0.5) is 0 Å². The number of aliphatic hydroxyl groups is 1. The van der Waals surface area contributed by atoms with Crippen molar-refractivity contribution >= 4 is 22.0 Å². The van der Waals surface area contributed by atoms with E-state index in [1.54, 1.807) is 13.1 Å². The first kappa shape index (κ1) is 10.4. The van der Waals surface area contributed by atoms with E-state index in [1.165, 1.54) is 0 Å². The summed E-state index contributed by atoms with van der Waals surface area (Å²) in [6.45, 7) is 3.62. The van der Waals surface area contributed by atoms with Gasteiger partial charge in [-0.2, -0.15) is 0 Å². The first-order valence-corrected chi connectivity index (χ1v) is 4.86. The van der Waals surface area contributed by atoms with Gasteiger partial charge in [-0.25, -0.2) is 0 Å². The van der Waals surface area contributed by atoms with Crippen LogP contribution in [0, 0.1) is 0 Å². The van der Waals surface area contributed by atoms with E-state index in [2.05, 4.69) is 20.9 Å². The maximum absolute atomic E-state index is 9.23. The molecule has 0 saturated carbocycles. The lowest BCUT2D eigenvalue weighted by atomic mass is 10.1. The number of pyridine rings is 1. The number of nitrogens with zero attached hydrogens (tertiary/aromatic N) is 1. The van der Waals surface area contributed by atoms with E-state index in [4.69, 9.17) is 0 Å². The third kappa shape index (κ3) is 3.28. The van der Waals surface area contributed by atoms with Gasteiger partial charge in [0, 0.05) is 10.7 Å². The van der Waals surface area contributed by atoms with Gasteiger partial charge < -0.3 is 5.11 Å². The largest absolute Gasteiger partial charge is 0.389 e. The minimum absolute atomic E-state index is 0.412. The van der Waals surface area contributed by atoms with Crippen LogP contribution in [0.1, 0.15) is 19.5 Å². The summed E-state index contributed by atoms with van der Waals surface area (Å²) in [5.41, 5.74) is 1.77. The first-order chi connectivity index (χ1) is 6.09. The van der Waals surface area contributed by atoms with Crippen LogP contribution in [-0.2, 0) is 0 Å². The van der Waals surface area contributed by atoms with E-state index in [0.717, 1.165) is 15.7 Å². The number of halogens is 1. The van der Waals surface area contributed by atoms with E-state index < -0.39 is 6.10 Å². The second-order valence-electron chi connectivity index (χ2n) is 2.97. The Morgan fingerprint density at radius 3 is 2.77 bits per heavy atom. The van der Waals surface area contributed by atoms with Gasteiger partial charge in [-0.05, 0) is 53.6 Å². The topological polar surface area (TPSA) is 33.1 Å². The van der Waals surface area contributed by atoms with Crippen LogP contribution in [0.5, 0.6) is 0 Å². The number of hydrogen-bond acceptors (Lipinski definition) is 2. The van der Waals surface area contributed by atoms with Gasteiger partial charge in [0.05, 0.1) is 11.8 Å². The normalized spacial score (nSPS) is 14.3. The van der Waals surface area contributed by atoms with Crippen LogP contribution in [0.25, 0.3) is 6.08 Å². The molecule has 0 saturated heterocycles. The summed E-state index contributed by atoms with van der Waals surface area (Å²) in [7, 11) is 0. The monoisotopic (exact) mass is 241 g/mol. The van der Waals surface area contributed by atoms with E-state index in [1.807, 2.05) is 25.1 Å². The Labute approximate surface area is 86.4 Å². The quantitative estimate of drug-likeness (QED) is 0.864. The lowest BCUT2D eigenvalue weighted by Gasteiger charge is -2.03. The molecule has 0 aliphatic heterocycles. The second kappa shape index (κ2) is 4.53. The van der Waals surface area contributed by atoms with Gasteiger partial charge in [0.1, 0.15) is 0 Å². The van der Waals surface area contributed by atoms with Gasteiger partial charge in [0.25, 0.3) is 0 Å². The van der Waals surface area contributed by atoms with Crippen LogP contribution in [0.15, 0.2) is 28.4 Å². The molecule has 1 atom stereocenters.